The van der Waals surface area contributed by atoms with Crippen molar-refractivity contribution in [1.29, 1.82) is 0 Å². The Kier molecular flexibility index (Phi) is 6.98. The lowest BCUT2D eigenvalue weighted by Crippen LogP contribution is -2.32. The van der Waals surface area contributed by atoms with Gasteiger partial charge in [-0.25, -0.2) is 0 Å². The molecule has 1 amide bonds. The van der Waals surface area contributed by atoms with Crippen LogP contribution in [-0.4, -0.2) is 37.9 Å². The van der Waals surface area contributed by atoms with Crippen molar-refractivity contribution in [3.05, 3.63) is 29.8 Å². The molecule has 0 radical (unpaired) electrons. The summed E-state index contributed by atoms with van der Waals surface area (Å²) in [6.07, 6.45) is 2.90. The Balaban J connectivity index is 2.73. The van der Waals surface area contributed by atoms with Gasteiger partial charge in [0.15, 0.2) is 0 Å². The highest BCUT2D eigenvalue weighted by Crippen LogP contribution is 2.15. The fourth-order valence-electron chi connectivity index (χ4n) is 1.77. The Morgan fingerprint density at radius 1 is 1.29 bits per heavy atom. The van der Waals surface area contributed by atoms with Gasteiger partial charge in [-0.3, -0.25) is 4.79 Å². The summed E-state index contributed by atoms with van der Waals surface area (Å²) in [7, 11) is -3.52. The van der Waals surface area contributed by atoms with Gasteiger partial charge < -0.3 is 9.08 Å². The minimum Gasteiger partial charge on any atom is -0.383 e. The number of rotatable bonds is 8. The van der Waals surface area contributed by atoms with Gasteiger partial charge in [-0.1, -0.05) is 25.5 Å². The second-order valence-electron chi connectivity index (χ2n) is 4.73. The van der Waals surface area contributed by atoms with Crippen LogP contribution in [0.1, 0.15) is 25.3 Å². The van der Waals surface area contributed by atoms with Crippen molar-refractivity contribution in [2.45, 2.75) is 26.3 Å². The van der Waals surface area contributed by atoms with Gasteiger partial charge in [-0.15, -0.1) is 11.6 Å². The van der Waals surface area contributed by atoms with Crippen LogP contribution in [0.4, 0.5) is 0 Å². The maximum Gasteiger partial charge on any atom is 0.306 e. The van der Waals surface area contributed by atoms with Gasteiger partial charge >= 0.3 is 10.1 Å². The lowest BCUT2D eigenvalue weighted by molar-refractivity contribution is -0.129. The van der Waals surface area contributed by atoms with Gasteiger partial charge in [-0.05, 0) is 24.1 Å². The predicted octanol–water partition coefficient (Wildman–Crippen LogP) is 2.39. The fraction of sp³-hybridized carbons (Fsp3) is 0.500. The number of hydrogen-bond acceptors (Lipinski definition) is 4. The first-order valence-electron chi connectivity index (χ1n) is 6.68. The van der Waals surface area contributed by atoms with Crippen molar-refractivity contribution in [3.8, 4) is 5.75 Å². The molecule has 1 aromatic carbocycles. The van der Waals surface area contributed by atoms with Crippen LogP contribution in [0.15, 0.2) is 24.3 Å². The van der Waals surface area contributed by atoms with Crippen LogP contribution >= 0.6 is 11.6 Å². The molecule has 1 rings (SSSR count). The summed E-state index contributed by atoms with van der Waals surface area (Å²) in [5.41, 5.74) is 0.894. The summed E-state index contributed by atoms with van der Waals surface area (Å²) in [6, 6.07) is 6.61. The quantitative estimate of drug-likeness (QED) is 0.541. The molecule has 0 unspecified atom stereocenters. The Morgan fingerprint density at radius 3 is 2.38 bits per heavy atom. The van der Waals surface area contributed by atoms with Crippen LogP contribution in [0, 0.1) is 0 Å². The van der Waals surface area contributed by atoms with Crippen molar-refractivity contribution in [2.75, 3.05) is 18.7 Å². The highest BCUT2D eigenvalue weighted by atomic mass is 35.5. The predicted molar refractivity (Wildman–Crippen MR) is 83.0 cm³/mol. The van der Waals surface area contributed by atoms with E-state index in [1.807, 2.05) is 0 Å². The van der Waals surface area contributed by atoms with Crippen LogP contribution < -0.4 is 4.18 Å². The molecule has 0 bridgehead atoms. The summed E-state index contributed by atoms with van der Waals surface area (Å²) in [5, 5.41) is 0. The minimum atomic E-state index is -3.52. The molecule has 0 atom stereocenters. The number of benzene rings is 1. The number of hydrogen-bond donors (Lipinski definition) is 0. The number of halogens is 1. The third kappa shape index (κ3) is 6.82. The normalized spacial score (nSPS) is 11.2. The summed E-state index contributed by atoms with van der Waals surface area (Å²) in [5.74, 6) is 0.102. The second-order valence-corrected chi connectivity index (χ2v) is 6.58. The third-order valence-corrected chi connectivity index (χ3v) is 3.52. The van der Waals surface area contributed by atoms with E-state index in [1.165, 1.54) is 0 Å². The summed E-state index contributed by atoms with van der Waals surface area (Å²) < 4.78 is 26.8. The number of unbranched alkanes of at least 4 members (excludes halogenated alkanes) is 1. The van der Waals surface area contributed by atoms with Gasteiger partial charge in [0.1, 0.15) is 11.6 Å². The monoisotopic (exact) mass is 333 g/mol. The summed E-state index contributed by atoms with van der Waals surface area (Å²) in [6.45, 7) is 3.16. The molecule has 7 heteroatoms. The minimum absolute atomic E-state index is 0.0427. The van der Waals surface area contributed by atoms with E-state index in [1.54, 1.807) is 29.2 Å². The third-order valence-electron chi connectivity index (χ3n) is 2.79. The van der Waals surface area contributed by atoms with Gasteiger partial charge in [0, 0.05) is 13.1 Å². The molecule has 21 heavy (non-hydrogen) atoms. The van der Waals surface area contributed by atoms with Crippen molar-refractivity contribution >= 4 is 27.6 Å². The van der Waals surface area contributed by atoms with E-state index in [0.29, 0.717) is 13.1 Å². The molecule has 5 nitrogen and oxygen atoms in total. The maximum absolute atomic E-state index is 11.8. The van der Waals surface area contributed by atoms with Crippen LogP contribution in [0.25, 0.3) is 0 Å². The molecule has 0 aliphatic heterocycles. The van der Waals surface area contributed by atoms with Crippen molar-refractivity contribution < 1.29 is 17.4 Å². The van der Waals surface area contributed by atoms with E-state index in [-0.39, 0.29) is 17.5 Å². The average molecular weight is 334 g/mol. The van der Waals surface area contributed by atoms with Crippen LogP contribution in [0.2, 0.25) is 0 Å². The van der Waals surface area contributed by atoms with Crippen molar-refractivity contribution in [1.82, 2.24) is 4.90 Å². The smallest absolute Gasteiger partial charge is 0.306 e. The SMILES string of the molecule is CCCCN(Cc1ccc(OS(C)(=O)=O)cc1)C(=O)CCl. The van der Waals surface area contributed by atoms with Crippen LogP contribution in [0.3, 0.4) is 0 Å². The van der Waals surface area contributed by atoms with E-state index in [2.05, 4.69) is 6.92 Å². The molecule has 0 N–H and O–H groups in total. The molecule has 0 aromatic heterocycles. The Hall–Kier alpha value is -1.27. The molecule has 0 aliphatic rings. The van der Waals surface area contributed by atoms with Crippen LogP contribution in [0.5, 0.6) is 5.75 Å². The molecule has 0 saturated carbocycles. The molecule has 0 aliphatic carbocycles. The Morgan fingerprint density at radius 2 is 1.90 bits per heavy atom. The van der Waals surface area contributed by atoms with E-state index >= 15 is 0 Å². The lowest BCUT2D eigenvalue weighted by atomic mass is 10.2. The molecule has 0 heterocycles. The molecule has 0 spiro atoms. The van der Waals surface area contributed by atoms with Gasteiger partial charge in [0.05, 0.1) is 6.26 Å². The number of alkyl halides is 1. The molecule has 118 valence electrons. The highest BCUT2D eigenvalue weighted by Gasteiger charge is 2.12. The van der Waals surface area contributed by atoms with Crippen molar-refractivity contribution in [2.24, 2.45) is 0 Å². The van der Waals surface area contributed by atoms with E-state index in [9.17, 15) is 13.2 Å². The topological polar surface area (TPSA) is 63.7 Å². The maximum atomic E-state index is 11.8. The van der Waals surface area contributed by atoms with E-state index in [4.69, 9.17) is 15.8 Å². The van der Waals surface area contributed by atoms with E-state index in [0.717, 1.165) is 24.7 Å². The summed E-state index contributed by atoms with van der Waals surface area (Å²) in [4.78, 5) is 13.5. The summed E-state index contributed by atoms with van der Waals surface area (Å²) >= 11 is 5.61. The lowest BCUT2D eigenvalue weighted by Gasteiger charge is -2.21. The Bertz CT molecular complexity index is 557. The molecule has 0 saturated heterocycles. The standard InChI is InChI=1S/C14H20ClNO4S/c1-3-4-9-16(14(17)10-15)11-12-5-7-13(8-6-12)20-21(2,18)19/h5-8H,3-4,9-11H2,1-2H3. The Labute approximate surface area is 131 Å². The largest absolute Gasteiger partial charge is 0.383 e. The second kappa shape index (κ2) is 8.24. The highest BCUT2D eigenvalue weighted by molar-refractivity contribution is 7.86. The zero-order valence-corrected chi connectivity index (χ0v) is 13.8. The molecule has 0 fully saturated rings. The first-order chi connectivity index (χ1) is 9.85. The van der Waals surface area contributed by atoms with Gasteiger partial charge in [0.2, 0.25) is 5.91 Å². The van der Waals surface area contributed by atoms with E-state index < -0.39 is 10.1 Å². The molecular weight excluding hydrogens is 314 g/mol. The fourth-order valence-corrected chi connectivity index (χ4v) is 2.40. The van der Waals surface area contributed by atoms with Gasteiger partial charge in [-0.2, -0.15) is 8.42 Å². The first-order valence-corrected chi connectivity index (χ1v) is 9.03. The number of amides is 1. The number of carbonyl (C=O) groups excluding carboxylic acids is 1. The van der Waals surface area contributed by atoms with Gasteiger partial charge in [0.25, 0.3) is 0 Å². The zero-order chi connectivity index (χ0) is 15.9. The zero-order valence-electron chi connectivity index (χ0n) is 12.2. The van der Waals surface area contributed by atoms with Crippen molar-refractivity contribution in [3.63, 3.8) is 0 Å². The van der Waals surface area contributed by atoms with Crippen LogP contribution in [-0.2, 0) is 21.5 Å². The number of carbonyl (C=O) groups is 1. The first kappa shape index (κ1) is 17.8. The molecular formula is C14H20ClNO4S. The average Bonchev–Trinajstić information content (AvgIpc) is 2.42. The number of nitrogens with zero attached hydrogens (tertiary/aromatic N) is 1. The molecule has 1 aromatic rings.